The summed E-state index contributed by atoms with van der Waals surface area (Å²) in [5.41, 5.74) is 17.2. The quantitative estimate of drug-likeness (QED) is 0.0735. The van der Waals surface area contributed by atoms with Crippen LogP contribution in [0, 0.1) is 22.7 Å². The molecule has 1 saturated carbocycles. The Balaban J connectivity index is 0.000000357. The minimum Gasteiger partial charge on any atom is -0.357 e. The van der Waals surface area contributed by atoms with Crippen LogP contribution < -0.4 is 31.9 Å². The highest BCUT2D eigenvalue weighted by Gasteiger charge is 2.45. The minimum absolute atomic E-state index is 0. The highest BCUT2D eigenvalue weighted by atomic mass is 19.4. The van der Waals surface area contributed by atoms with Crippen molar-refractivity contribution in [1.82, 2.24) is 60.5 Å². The Morgan fingerprint density at radius 2 is 0.954 bits per heavy atom. The first-order valence-electron chi connectivity index (χ1n) is 29.1. The summed E-state index contributed by atoms with van der Waals surface area (Å²) < 4.78 is 123. The highest BCUT2D eigenvalue weighted by molar-refractivity contribution is 5.92. The largest absolute Gasteiger partial charge is 0.418 e. The molecule has 1 spiro atoms. The van der Waals surface area contributed by atoms with E-state index in [0.29, 0.717) is 95.1 Å². The molecule has 87 heavy (non-hydrogen) atoms. The summed E-state index contributed by atoms with van der Waals surface area (Å²) >= 11 is 0. The van der Waals surface area contributed by atoms with Crippen molar-refractivity contribution in [1.29, 1.82) is 0 Å². The van der Waals surface area contributed by atoms with Gasteiger partial charge in [-0.15, -0.1) is 0 Å². The van der Waals surface area contributed by atoms with Gasteiger partial charge in [0.1, 0.15) is 34.5 Å². The van der Waals surface area contributed by atoms with Gasteiger partial charge in [0, 0.05) is 96.9 Å². The topological polar surface area (TPSA) is 251 Å². The molecular formula is C60H83F9N18. The number of aromatic nitrogens is 12. The number of piperidine rings is 3. The molecule has 9 N–H and O–H groups in total. The normalized spacial score (nSPS) is 19.8. The van der Waals surface area contributed by atoms with Crippen molar-refractivity contribution < 1.29 is 50.9 Å². The number of aromatic amines is 3. The molecule has 27 heteroatoms. The van der Waals surface area contributed by atoms with Crippen LogP contribution in [0.1, 0.15) is 99.7 Å². The summed E-state index contributed by atoms with van der Waals surface area (Å²) in [5, 5.41) is 21.7. The second-order valence-electron chi connectivity index (χ2n) is 23.4. The van der Waals surface area contributed by atoms with Crippen LogP contribution in [0.15, 0.2) is 91.4 Å². The second-order valence-corrected chi connectivity index (χ2v) is 23.4. The van der Waals surface area contributed by atoms with E-state index >= 15 is 0 Å². The van der Waals surface area contributed by atoms with Crippen LogP contribution in [0.5, 0.6) is 0 Å². The molecule has 3 aliphatic heterocycles. The molecule has 9 aromatic heterocycles. The second kappa shape index (κ2) is 24.3. The van der Waals surface area contributed by atoms with Gasteiger partial charge < -0.3 is 31.9 Å². The monoisotopic (exact) mass is 1230 g/mol. The molecule has 0 aromatic carbocycles. The van der Waals surface area contributed by atoms with Gasteiger partial charge in [-0.1, -0.05) is 33.1 Å². The van der Waals surface area contributed by atoms with Gasteiger partial charge in [0.05, 0.1) is 33.8 Å². The first-order valence-corrected chi connectivity index (χ1v) is 29.1. The zero-order valence-corrected chi connectivity index (χ0v) is 47.9. The number of anilines is 3. The number of alkyl halides is 9. The summed E-state index contributed by atoms with van der Waals surface area (Å²) in [6, 6.07) is 17.9. The lowest BCUT2D eigenvalue weighted by Gasteiger charge is -2.45. The lowest BCUT2D eigenvalue weighted by molar-refractivity contribution is -0.138. The van der Waals surface area contributed by atoms with Crippen molar-refractivity contribution in [2.24, 2.45) is 39.9 Å². The molecule has 13 rings (SSSR count). The van der Waals surface area contributed by atoms with Crippen LogP contribution in [-0.4, -0.2) is 119 Å². The maximum Gasteiger partial charge on any atom is 0.418 e. The molecule has 0 radical (unpaired) electrons. The van der Waals surface area contributed by atoms with Gasteiger partial charge in [0.25, 0.3) is 0 Å². The number of hydrogen-bond acceptors (Lipinski definition) is 15. The average molecular weight is 1230 g/mol. The third-order valence-corrected chi connectivity index (χ3v) is 18.0. The molecule has 3 atom stereocenters. The van der Waals surface area contributed by atoms with Crippen molar-refractivity contribution in [3.8, 4) is 34.2 Å². The SMILES string of the molecule is CC1(CN)CCN(c2ccc(C(F)(F)F)c(-c3[nH]nc4ncccc34)n2)CC1.CCC1CN(c2ccc(C(F)(F)F)c(-c3[nH]nc4ncccc34)n2)CCC1CN.NC1CCN(c2ccc(C(F)(F)F)c(-c3[nH]nc4ncccc34)n2)CC12CCCC2.[HH].[HH].[HH].[HH].[HH].[HH].[HH].[HH]. The molecular weight excluding hydrogens is 1140 g/mol. The Bertz CT molecular complexity index is 3880. The number of nitrogens with zero attached hydrogens (tertiary/aromatic N) is 12. The molecule has 3 saturated heterocycles. The number of rotatable bonds is 9. The number of hydrogen-bond donors (Lipinski definition) is 6. The first-order chi connectivity index (χ1) is 41.6. The third-order valence-electron chi connectivity index (χ3n) is 18.0. The lowest BCUT2D eigenvalue weighted by atomic mass is 9.74. The van der Waals surface area contributed by atoms with Gasteiger partial charge in [-0.25, -0.2) is 29.9 Å². The molecule has 0 amide bonds. The van der Waals surface area contributed by atoms with Gasteiger partial charge in [-0.2, -0.15) is 54.8 Å². The Hall–Kier alpha value is -8.04. The fourth-order valence-corrected chi connectivity index (χ4v) is 12.7. The molecule has 0 bridgehead atoms. The Morgan fingerprint density at radius 1 is 0.540 bits per heavy atom. The van der Waals surface area contributed by atoms with Crippen molar-refractivity contribution in [3.05, 3.63) is 108 Å². The minimum atomic E-state index is -4.53. The smallest absolute Gasteiger partial charge is 0.357 e. The van der Waals surface area contributed by atoms with Crippen LogP contribution in [0.25, 0.3) is 67.3 Å². The first kappa shape index (κ1) is 60.6. The van der Waals surface area contributed by atoms with E-state index in [9.17, 15) is 39.5 Å². The van der Waals surface area contributed by atoms with E-state index in [0.717, 1.165) is 95.6 Å². The lowest BCUT2D eigenvalue weighted by Crippen LogP contribution is -2.54. The van der Waals surface area contributed by atoms with E-state index in [1.165, 1.54) is 18.2 Å². The van der Waals surface area contributed by atoms with E-state index in [4.69, 9.17) is 17.2 Å². The Labute approximate surface area is 506 Å². The number of halogens is 9. The maximum atomic E-state index is 13.8. The van der Waals surface area contributed by atoms with Gasteiger partial charge in [0.2, 0.25) is 0 Å². The maximum absolute atomic E-state index is 13.8. The number of nitrogens with one attached hydrogen (secondary N) is 3. The van der Waals surface area contributed by atoms with Gasteiger partial charge in [0.15, 0.2) is 16.9 Å². The number of H-pyrrole nitrogens is 3. The number of pyridine rings is 6. The summed E-state index contributed by atoms with van der Waals surface area (Å²) in [6.45, 7) is 9.77. The van der Waals surface area contributed by atoms with Gasteiger partial charge >= 0.3 is 18.5 Å². The summed E-state index contributed by atoms with van der Waals surface area (Å²) in [7, 11) is 0. The molecule has 3 unspecified atom stereocenters. The standard InChI is InChI=1S/C21H23F3N6.C20H23F3N6.C19H21F3N6.8H2/c22-21(23,24)14-5-6-16(30-11-7-15(25)20(12-30)8-1-2-9-20)27-18(14)17-13-4-3-10-26-19(13)29-28-17;1-2-12-11-29(9-7-13(12)10-24)16-6-5-15(20(21,22)23)18(26-16)17-14-4-3-8-25-19(14)28-27-17;1-18(11-23)6-9-28(10-7-18)14-5-4-13(19(20,21)22)16(25-14)15-12-3-2-8-24-17(12)27-26-15;;;;;;;;/h3-6,10,15H,1-2,7-9,11-12,25H2,(H,26,28,29);3-6,8,12-13H,2,7,9-11,24H2,1H3,(H,25,27,28);2-5,8H,6-7,9-11,23H2,1H3,(H,24,26,27);8*1H. The molecule has 4 fully saturated rings. The van der Waals surface area contributed by atoms with Crippen molar-refractivity contribution in [2.45, 2.75) is 96.2 Å². The molecule has 1 aliphatic carbocycles. The van der Waals surface area contributed by atoms with Gasteiger partial charge in [-0.05, 0) is 142 Å². The van der Waals surface area contributed by atoms with Crippen LogP contribution in [0.2, 0.25) is 0 Å². The Morgan fingerprint density at radius 3 is 1.36 bits per heavy atom. The summed E-state index contributed by atoms with van der Waals surface area (Å²) in [4.78, 5) is 31.8. The zero-order valence-electron chi connectivity index (χ0n) is 47.9. The van der Waals surface area contributed by atoms with Crippen LogP contribution in [-0.2, 0) is 18.5 Å². The van der Waals surface area contributed by atoms with E-state index in [-0.39, 0.29) is 62.4 Å². The predicted molar refractivity (Wildman–Crippen MR) is 331 cm³/mol. The van der Waals surface area contributed by atoms with E-state index in [1.807, 2.05) is 4.90 Å². The van der Waals surface area contributed by atoms with Crippen molar-refractivity contribution in [2.75, 3.05) is 67.1 Å². The zero-order chi connectivity index (χ0) is 61.5. The Kier molecular flexibility index (Phi) is 16.9. The number of fused-ring (bicyclic) bond motifs is 3. The van der Waals surface area contributed by atoms with Crippen LogP contribution in [0.4, 0.5) is 57.0 Å². The molecule has 4 aliphatic rings. The molecule has 476 valence electrons. The fourth-order valence-electron chi connectivity index (χ4n) is 12.7. The fraction of sp³-hybridized carbons (Fsp3) is 0.450. The molecule has 12 heterocycles. The molecule has 9 aromatic rings. The van der Waals surface area contributed by atoms with Crippen molar-refractivity contribution >= 4 is 50.6 Å². The number of nitrogens with two attached hydrogens (primary N) is 3. The van der Waals surface area contributed by atoms with E-state index in [2.05, 4.69) is 84.1 Å². The van der Waals surface area contributed by atoms with Crippen LogP contribution in [0.3, 0.4) is 0 Å². The van der Waals surface area contributed by atoms with Crippen LogP contribution >= 0.6 is 0 Å². The summed E-state index contributed by atoms with van der Waals surface area (Å²) in [6.07, 6.45) is -0.0582. The predicted octanol–water partition coefficient (Wildman–Crippen LogP) is 13.6. The van der Waals surface area contributed by atoms with Crippen molar-refractivity contribution in [3.63, 3.8) is 0 Å². The van der Waals surface area contributed by atoms with E-state index in [1.54, 1.807) is 55.0 Å². The molecule has 18 nitrogen and oxygen atoms in total. The third kappa shape index (κ3) is 12.5. The highest BCUT2D eigenvalue weighted by Crippen LogP contribution is 2.47. The summed E-state index contributed by atoms with van der Waals surface area (Å²) in [5.74, 6) is 2.44. The average Bonchev–Trinajstić information content (AvgIpc) is 1.75. The van der Waals surface area contributed by atoms with E-state index < -0.39 is 35.2 Å². The van der Waals surface area contributed by atoms with Gasteiger partial charge in [-0.3, -0.25) is 15.3 Å².